The Balaban J connectivity index is 1.80. The monoisotopic (exact) mass is 401 g/mol. The van der Waals surface area contributed by atoms with E-state index in [1.807, 2.05) is 44.2 Å². The Morgan fingerprint density at radius 2 is 2.00 bits per heavy atom. The summed E-state index contributed by atoms with van der Waals surface area (Å²) in [5.74, 6) is 1.09. The van der Waals surface area contributed by atoms with E-state index >= 15 is 0 Å². The second kappa shape index (κ2) is 11.3. The van der Waals surface area contributed by atoms with E-state index < -0.39 is 0 Å². The third-order valence-electron chi connectivity index (χ3n) is 3.98. The summed E-state index contributed by atoms with van der Waals surface area (Å²) in [4.78, 5) is 20.3. The summed E-state index contributed by atoms with van der Waals surface area (Å²) in [6, 6.07) is 11.6. The van der Waals surface area contributed by atoms with E-state index in [1.54, 1.807) is 19.3 Å². The first-order valence-corrected chi connectivity index (χ1v) is 9.78. The van der Waals surface area contributed by atoms with Crippen molar-refractivity contribution in [2.45, 2.75) is 33.2 Å². The molecule has 6 nitrogen and oxygen atoms in total. The zero-order chi connectivity index (χ0) is 20.4. The molecule has 0 spiro atoms. The molecule has 0 saturated carbocycles. The van der Waals surface area contributed by atoms with Crippen molar-refractivity contribution in [3.05, 3.63) is 58.9 Å². The molecule has 0 aliphatic heterocycles. The van der Waals surface area contributed by atoms with Crippen molar-refractivity contribution in [3.63, 3.8) is 0 Å². The number of rotatable bonds is 8. The zero-order valence-corrected chi connectivity index (χ0v) is 17.4. The van der Waals surface area contributed by atoms with Crippen molar-refractivity contribution < 1.29 is 4.79 Å². The van der Waals surface area contributed by atoms with E-state index in [0.717, 1.165) is 35.7 Å². The van der Waals surface area contributed by atoms with Gasteiger partial charge in [0.15, 0.2) is 5.96 Å². The molecule has 3 N–H and O–H groups in total. The van der Waals surface area contributed by atoms with Crippen LogP contribution in [-0.2, 0) is 17.8 Å². The predicted octanol–water partition coefficient (Wildman–Crippen LogP) is 3.63. The van der Waals surface area contributed by atoms with Gasteiger partial charge in [-0.2, -0.15) is 0 Å². The number of carbonyl (C=O) groups is 1. The molecule has 0 fully saturated rings. The first-order chi connectivity index (χ1) is 13.5. The van der Waals surface area contributed by atoms with Gasteiger partial charge in [0.1, 0.15) is 5.15 Å². The first-order valence-electron chi connectivity index (χ1n) is 9.40. The molecule has 1 aromatic carbocycles. The first kappa shape index (κ1) is 21.7. The lowest BCUT2D eigenvalue weighted by Gasteiger charge is -2.13. The maximum Gasteiger partial charge on any atom is 0.224 e. The summed E-state index contributed by atoms with van der Waals surface area (Å²) >= 11 is 5.80. The molecule has 0 bridgehead atoms. The highest BCUT2D eigenvalue weighted by Gasteiger charge is 2.06. The fourth-order valence-electron chi connectivity index (χ4n) is 2.63. The maximum absolute atomic E-state index is 11.9. The van der Waals surface area contributed by atoms with Crippen molar-refractivity contribution in [1.82, 2.24) is 15.6 Å². The predicted molar refractivity (Wildman–Crippen MR) is 116 cm³/mol. The number of benzene rings is 1. The van der Waals surface area contributed by atoms with Gasteiger partial charge in [-0.05, 0) is 41.7 Å². The Morgan fingerprint density at radius 3 is 2.68 bits per heavy atom. The molecule has 0 unspecified atom stereocenters. The molecule has 1 aromatic heterocycles. The number of aliphatic imine (C=N–C) groups is 1. The van der Waals surface area contributed by atoms with Crippen molar-refractivity contribution >= 4 is 29.2 Å². The van der Waals surface area contributed by atoms with Crippen LogP contribution in [0.5, 0.6) is 0 Å². The Bertz CT molecular complexity index is 790. The normalized spacial score (nSPS) is 11.4. The number of carbonyl (C=O) groups excluding carboxylic acids is 1. The second-order valence-corrected chi connectivity index (χ2v) is 7.33. The van der Waals surface area contributed by atoms with Gasteiger partial charge in [0, 0.05) is 38.4 Å². The quantitative estimate of drug-likeness (QED) is 0.358. The summed E-state index contributed by atoms with van der Waals surface area (Å²) in [5, 5.41) is 10.0. The lowest BCUT2D eigenvalue weighted by atomic mass is 10.1. The van der Waals surface area contributed by atoms with E-state index in [4.69, 9.17) is 11.6 Å². The van der Waals surface area contributed by atoms with Crippen molar-refractivity contribution in [2.24, 2.45) is 10.9 Å². The molecule has 0 radical (unpaired) electrons. The number of nitrogens with one attached hydrogen (secondary N) is 3. The van der Waals surface area contributed by atoms with Gasteiger partial charge in [0.2, 0.25) is 5.91 Å². The third-order valence-corrected chi connectivity index (χ3v) is 4.21. The number of nitrogens with zero attached hydrogens (tertiary/aromatic N) is 2. The van der Waals surface area contributed by atoms with E-state index in [2.05, 4.69) is 25.9 Å². The summed E-state index contributed by atoms with van der Waals surface area (Å²) < 4.78 is 0. The number of halogens is 1. The van der Waals surface area contributed by atoms with Gasteiger partial charge < -0.3 is 16.0 Å². The van der Waals surface area contributed by atoms with Crippen LogP contribution < -0.4 is 16.0 Å². The standard InChI is InChI=1S/C21H28ClN5O/c1-15(2)11-20(28)27-18-6-4-5-17(12-18)14-26-21(23-3)24-10-9-16-7-8-19(22)25-13-16/h4-8,12-13,15H,9-11,14H2,1-3H3,(H,27,28)(H2,23,24,26). The van der Waals surface area contributed by atoms with Gasteiger partial charge >= 0.3 is 0 Å². The minimum atomic E-state index is 0.0364. The molecule has 0 aliphatic carbocycles. The average Bonchev–Trinajstić information content (AvgIpc) is 2.65. The largest absolute Gasteiger partial charge is 0.356 e. The molecule has 28 heavy (non-hydrogen) atoms. The fraction of sp³-hybridized carbons (Fsp3) is 0.381. The SMILES string of the molecule is CN=C(NCCc1ccc(Cl)nc1)NCc1cccc(NC(=O)CC(C)C)c1. The third kappa shape index (κ3) is 7.96. The average molecular weight is 402 g/mol. The van der Waals surface area contributed by atoms with Crippen molar-refractivity contribution in [3.8, 4) is 0 Å². The number of amides is 1. The van der Waals surface area contributed by atoms with Crippen LogP contribution in [0.3, 0.4) is 0 Å². The van der Waals surface area contributed by atoms with Crippen LogP contribution in [-0.4, -0.2) is 30.4 Å². The molecule has 0 atom stereocenters. The second-order valence-electron chi connectivity index (χ2n) is 6.94. The molecule has 1 amide bonds. The van der Waals surface area contributed by atoms with Crippen LogP contribution in [0.2, 0.25) is 5.15 Å². The summed E-state index contributed by atoms with van der Waals surface area (Å²) in [7, 11) is 1.74. The van der Waals surface area contributed by atoms with Gasteiger partial charge in [-0.15, -0.1) is 0 Å². The lowest BCUT2D eigenvalue weighted by molar-refractivity contribution is -0.116. The van der Waals surface area contributed by atoms with Crippen LogP contribution in [0, 0.1) is 5.92 Å². The minimum absolute atomic E-state index is 0.0364. The smallest absolute Gasteiger partial charge is 0.224 e. The number of hydrogen-bond acceptors (Lipinski definition) is 3. The highest BCUT2D eigenvalue weighted by molar-refractivity contribution is 6.29. The number of anilines is 1. The molecule has 0 aliphatic rings. The highest BCUT2D eigenvalue weighted by atomic mass is 35.5. The Labute approximate surface area is 171 Å². The fourth-order valence-corrected chi connectivity index (χ4v) is 2.74. The van der Waals surface area contributed by atoms with E-state index in [-0.39, 0.29) is 5.91 Å². The molecule has 150 valence electrons. The Kier molecular flexibility index (Phi) is 8.75. The molecular weight excluding hydrogens is 374 g/mol. The molecule has 2 aromatic rings. The van der Waals surface area contributed by atoms with Gasteiger partial charge in [-0.3, -0.25) is 9.79 Å². The summed E-state index contributed by atoms with van der Waals surface area (Å²) in [5.41, 5.74) is 2.98. The Hall–Kier alpha value is -2.60. The van der Waals surface area contributed by atoms with Gasteiger partial charge in [-0.25, -0.2) is 4.98 Å². The summed E-state index contributed by atoms with van der Waals surface area (Å²) in [6.07, 6.45) is 3.11. The molecular formula is C21H28ClN5O. The zero-order valence-electron chi connectivity index (χ0n) is 16.6. The van der Waals surface area contributed by atoms with Gasteiger partial charge in [0.05, 0.1) is 0 Å². The van der Waals surface area contributed by atoms with Crippen molar-refractivity contribution in [2.75, 3.05) is 18.9 Å². The van der Waals surface area contributed by atoms with E-state index in [9.17, 15) is 4.79 Å². The van der Waals surface area contributed by atoms with E-state index in [0.29, 0.717) is 24.0 Å². The van der Waals surface area contributed by atoms with Gasteiger partial charge in [0.25, 0.3) is 0 Å². The van der Waals surface area contributed by atoms with E-state index in [1.165, 1.54) is 0 Å². The van der Waals surface area contributed by atoms with Gasteiger partial charge in [-0.1, -0.05) is 43.6 Å². The van der Waals surface area contributed by atoms with Crippen LogP contribution in [0.15, 0.2) is 47.6 Å². The summed E-state index contributed by atoms with van der Waals surface area (Å²) in [6.45, 7) is 5.40. The molecule has 0 saturated heterocycles. The van der Waals surface area contributed by atoms with Crippen molar-refractivity contribution in [1.29, 1.82) is 0 Å². The number of guanidine groups is 1. The van der Waals surface area contributed by atoms with Crippen LogP contribution >= 0.6 is 11.6 Å². The molecule has 7 heteroatoms. The van der Waals surface area contributed by atoms with Crippen LogP contribution in [0.1, 0.15) is 31.4 Å². The van der Waals surface area contributed by atoms with Crippen LogP contribution in [0.4, 0.5) is 5.69 Å². The number of pyridine rings is 1. The lowest BCUT2D eigenvalue weighted by Crippen LogP contribution is -2.37. The number of aromatic nitrogens is 1. The van der Waals surface area contributed by atoms with Crippen LogP contribution in [0.25, 0.3) is 0 Å². The minimum Gasteiger partial charge on any atom is -0.356 e. The molecule has 1 heterocycles. The Morgan fingerprint density at radius 1 is 1.18 bits per heavy atom. The highest BCUT2D eigenvalue weighted by Crippen LogP contribution is 2.12. The topological polar surface area (TPSA) is 78.4 Å². The molecule has 2 rings (SSSR count). The maximum atomic E-state index is 11.9. The number of hydrogen-bond donors (Lipinski definition) is 3.